The molecule has 45 heavy (non-hydrogen) atoms. The Bertz CT molecular complexity index is 2440. The van der Waals surface area contributed by atoms with Gasteiger partial charge in [-0.25, -0.2) is 0 Å². The van der Waals surface area contributed by atoms with Crippen molar-refractivity contribution in [2.75, 3.05) is 0 Å². The van der Waals surface area contributed by atoms with Gasteiger partial charge in [0.25, 0.3) is 0 Å². The van der Waals surface area contributed by atoms with Gasteiger partial charge in [0.1, 0.15) is 6.17 Å². The van der Waals surface area contributed by atoms with Gasteiger partial charge in [0.15, 0.2) is 0 Å². The third kappa shape index (κ3) is 3.94. The molecule has 7 aromatic rings. The first-order chi connectivity index (χ1) is 22.3. The predicted molar refractivity (Wildman–Crippen MR) is 192 cm³/mol. The van der Waals surface area contributed by atoms with Gasteiger partial charge in [-0.1, -0.05) is 78.5 Å². The third-order valence-electron chi connectivity index (χ3n) is 9.76. The normalized spacial score (nSPS) is 19.3. The molecule has 0 bridgehead atoms. The highest BCUT2D eigenvalue weighted by Gasteiger charge is 2.34. The van der Waals surface area contributed by atoms with Crippen molar-refractivity contribution in [2.24, 2.45) is 4.99 Å². The minimum absolute atomic E-state index is 0.130. The molecule has 0 saturated carbocycles. The number of fused-ring (bicyclic) bond motifs is 9. The summed E-state index contributed by atoms with van der Waals surface area (Å²) < 4.78 is 5.09. The van der Waals surface area contributed by atoms with E-state index in [0.717, 1.165) is 12.1 Å². The Morgan fingerprint density at radius 3 is 2.58 bits per heavy atom. The fraction of sp³-hybridized carbons (Fsp3) is 0.125. The number of aromatic nitrogens is 1. The highest BCUT2D eigenvalue weighted by atomic mass is 32.2. The maximum atomic E-state index is 4.93. The molecular formula is C40H29N3S2. The molecule has 1 aliphatic carbocycles. The zero-order chi connectivity index (χ0) is 29.5. The second kappa shape index (κ2) is 9.96. The molecule has 5 heteroatoms. The molecule has 0 saturated heterocycles. The largest absolute Gasteiger partial charge is 0.360 e. The number of aliphatic imine (C=N–C) groups is 1. The molecule has 1 N–H and O–H groups in total. The van der Waals surface area contributed by atoms with Crippen molar-refractivity contribution >= 4 is 71.3 Å². The summed E-state index contributed by atoms with van der Waals surface area (Å²) in [5, 5.41) is 9.10. The van der Waals surface area contributed by atoms with E-state index in [2.05, 4.69) is 125 Å². The van der Waals surface area contributed by atoms with E-state index in [1.54, 1.807) is 0 Å². The SMILES string of the molecule is C1=NC(c2cccc(-n3c4ccccc4c4cc5c(cc43)sc3ccccc35)c2)NC(C2=C3Sc4ccccc4C3CCC2)=C1. The lowest BCUT2D eigenvalue weighted by Crippen LogP contribution is -2.25. The molecule has 0 fully saturated rings. The summed E-state index contributed by atoms with van der Waals surface area (Å²) in [7, 11) is 0. The quantitative estimate of drug-likeness (QED) is 0.214. The highest BCUT2D eigenvalue weighted by Crippen LogP contribution is 2.55. The minimum atomic E-state index is -0.130. The van der Waals surface area contributed by atoms with Crippen LogP contribution in [0.3, 0.4) is 0 Å². The lowest BCUT2D eigenvalue weighted by molar-refractivity contribution is 0.588. The van der Waals surface area contributed by atoms with Crippen molar-refractivity contribution in [3.63, 3.8) is 0 Å². The number of benzene rings is 5. The summed E-state index contributed by atoms with van der Waals surface area (Å²) in [4.78, 5) is 7.88. The van der Waals surface area contributed by atoms with E-state index in [9.17, 15) is 0 Å². The second-order valence-electron chi connectivity index (χ2n) is 12.3. The first kappa shape index (κ1) is 25.7. The molecule has 3 nitrogen and oxygen atoms in total. The Balaban J connectivity index is 1.06. The molecule has 5 aromatic carbocycles. The van der Waals surface area contributed by atoms with Crippen molar-refractivity contribution in [1.29, 1.82) is 0 Å². The molecule has 3 aliphatic rings. The monoisotopic (exact) mass is 615 g/mol. The Labute approximate surface area is 269 Å². The molecule has 2 aliphatic heterocycles. The van der Waals surface area contributed by atoms with Crippen LogP contribution in [-0.4, -0.2) is 10.8 Å². The summed E-state index contributed by atoms with van der Waals surface area (Å²) in [5.41, 5.74) is 9.00. The van der Waals surface area contributed by atoms with Crippen LogP contribution >= 0.6 is 23.1 Å². The Morgan fingerprint density at radius 2 is 1.60 bits per heavy atom. The van der Waals surface area contributed by atoms with Crippen LogP contribution in [0.4, 0.5) is 0 Å². The topological polar surface area (TPSA) is 29.3 Å². The standard InChI is InChI=1S/C40H29N3S2/c1-4-16-34-26(11-1)31-22-32-28-13-3-5-17-36(28)44-38(32)23-35(31)43(34)25-10-7-9-24(21-25)40-41-20-19-33(42-40)30-15-8-14-29-27-12-2-6-18-37(27)45-39(29)30/h1-7,9-13,16-23,29,40,42H,8,14-15H2. The summed E-state index contributed by atoms with van der Waals surface area (Å²) >= 11 is 3.85. The van der Waals surface area contributed by atoms with Crippen molar-refractivity contribution in [3.8, 4) is 5.69 Å². The van der Waals surface area contributed by atoms with Crippen molar-refractivity contribution in [2.45, 2.75) is 36.2 Å². The lowest BCUT2D eigenvalue weighted by atomic mass is 9.84. The fourth-order valence-corrected chi connectivity index (χ4v) is 10.3. The van der Waals surface area contributed by atoms with Gasteiger partial charge in [0.05, 0.1) is 11.0 Å². The number of hydrogen-bond acceptors (Lipinski definition) is 4. The zero-order valence-corrected chi connectivity index (χ0v) is 26.2. The fourth-order valence-electron chi connectivity index (χ4n) is 7.72. The van der Waals surface area contributed by atoms with E-state index in [1.165, 1.54) is 87.0 Å². The zero-order valence-electron chi connectivity index (χ0n) is 24.5. The van der Waals surface area contributed by atoms with Crippen LogP contribution in [0.5, 0.6) is 0 Å². The molecule has 4 heterocycles. The summed E-state index contributed by atoms with van der Waals surface area (Å²) in [5.74, 6) is 0.529. The van der Waals surface area contributed by atoms with Crippen LogP contribution in [-0.2, 0) is 0 Å². The van der Waals surface area contributed by atoms with Crippen molar-refractivity contribution in [3.05, 3.63) is 143 Å². The summed E-state index contributed by atoms with van der Waals surface area (Å²) in [6, 6.07) is 40.3. The molecule has 216 valence electrons. The molecule has 0 spiro atoms. The van der Waals surface area contributed by atoms with Crippen molar-refractivity contribution in [1.82, 2.24) is 9.88 Å². The van der Waals surface area contributed by atoms with Gasteiger partial charge in [0.2, 0.25) is 0 Å². The number of thiophene rings is 1. The van der Waals surface area contributed by atoms with Gasteiger partial charge in [-0.3, -0.25) is 4.99 Å². The smallest absolute Gasteiger partial charge is 0.144 e. The van der Waals surface area contributed by atoms with E-state index < -0.39 is 0 Å². The van der Waals surface area contributed by atoms with Gasteiger partial charge in [-0.15, -0.1) is 11.3 Å². The number of thioether (sulfide) groups is 1. The second-order valence-corrected chi connectivity index (χ2v) is 14.4. The van der Waals surface area contributed by atoms with Crippen LogP contribution in [0.15, 0.2) is 141 Å². The molecule has 2 aromatic heterocycles. The number of nitrogens with zero attached hydrogens (tertiary/aromatic N) is 2. The molecule has 0 radical (unpaired) electrons. The Morgan fingerprint density at radius 1 is 0.733 bits per heavy atom. The van der Waals surface area contributed by atoms with Crippen LogP contribution < -0.4 is 5.32 Å². The average Bonchev–Trinajstić information content (AvgIpc) is 3.76. The predicted octanol–water partition coefficient (Wildman–Crippen LogP) is 11.0. The van der Waals surface area contributed by atoms with E-state index in [-0.39, 0.29) is 6.17 Å². The van der Waals surface area contributed by atoms with Crippen molar-refractivity contribution < 1.29 is 0 Å². The minimum Gasteiger partial charge on any atom is -0.360 e. The Hall–Kier alpha value is -4.58. The van der Waals surface area contributed by atoms with Crippen LogP contribution in [0.2, 0.25) is 0 Å². The van der Waals surface area contributed by atoms with E-state index in [4.69, 9.17) is 4.99 Å². The lowest BCUT2D eigenvalue weighted by Gasteiger charge is -2.29. The number of rotatable bonds is 3. The Kier molecular flexibility index (Phi) is 5.69. The molecule has 2 atom stereocenters. The molecule has 0 amide bonds. The number of allylic oxidation sites excluding steroid dienone is 3. The van der Waals surface area contributed by atoms with Crippen LogP contribution in [0.1, 0.15) is 42.5 Å². The highest BCUT2D eigenvalue weighted by molar-refractivity contribution is 8.03. The van der Waals surface area contributed by atoms with Crippen LogP contribution in [0, 0.1) is 0 Å². The summed E-state index contributed by atoms with van der Waals surface area (Å²) in [6.45, 7) is 0. The number of para-hydroxylation sites is 1. The van der Waals surface area contributed by atoms with E-state index >= 15 is 0 Å². The first-order valence-electron chi connectivity index (χ1n) is 15.8. The van der Waals surface area contributed by atoms with Gasteiger partial charge in [-0.05, 0) is 84.5 Å². The maximum absolute atomic E-state index is 4.93. The van der Waals surface area contributed by atoms with Gasteiger partial charge >= 0.3 is 0 Å². The molecular weight excluding hydrogens is 587 g/mol. The van der Waals surface area contributed by atoms with Gasteiger partial charge in [0, 0.05) is 64.3 Å². The van der Waals surface area contributed by atoms with E-state index in [1.807, 2.05) is 29.3 Å². The van der Waals surface area contributed by atoms with Gasteiger partial charge in [-0.2, -0.15) is 0 Å². The molecule has 2 unspecified atom stereocenters. The number of nitrogens with one attached hydrogen (secondary N) is 1. The van der Waals surface area contributed by atoms with E-state index in [0.29, 0.717) is 5.92 Å². The first-order valence-corrected chi connectivity index (χ1v) is 17.4. The van der Waals surface area contributed by atoms with Gasteiger partial charge < -0.3 is 9.88 Å². The third-order valence-corrected chi connectivity index (χ3v) is 12.2. The molecule has 10 rings (SSSR count). The number of hydrogen-bond donors (Lipinski definition) is 1. The summed E-state index contributed by atoms with van der Waals surface area (Å²) in [6.07, 6.45) is 7.62. The maximum Gasteiger partial charge on any atom is 0.144 e. The average molecular weight is 616 g/mol. The van der Waals surface area contributed by atoms with Crippen LogP contribution in [0.25, 0.3) is 47.7 Å².